The van der Waals surface area contributed by atoms with E-state index in [2.05, 4.69) is 329 Å². The van der Waals surface area contributed by atoms with Crippen LogP contribution in [0.2, 0.25) is 0 Å². The molecule has 0 aliphatic rings. The standard InChI is InChI=1S/C22H29N3S.C20H27N5S.C12H15NS.C10H10N2.C10H14N2.C9H10IN.C6H6IN.C4H8.CH2Cl2.2CN.ClH2N.ClH.Zn/c1-16(2)25-20-12-8-18(9-13-20)15-24-21(26)23-14-17-6-10-19(11-7-17)22(3,4)5;1-20(2,3)16-8-4-14(5-9-16)12-23-19(26)24-13-15-6-10-17(11-7-15)25-18(21)22;1-12(2,3)11-6-4-10(5-7-11)8-13-9-14;1-8(2)12-10-6-4-9(11-3)5-7-10;1-8(2)12-10-5-3-9(7-11)4-6-10;1-7(2)11-9-5-3-8(10)4-6-9;7-5-1-3-6(8)4-2-5;1-4(2)3;2-1-3;3*1-2;;/h6-13,25H,1,14-15H2,2-5H3,(H2,23,24,26);4-11H,12-13H2,1-3H3,(H4,21,22,25)(H2,23,24,26);4-7H,8H2,1-3H3;4-7,12H,1H2,2H3;3-6,12H,1,7,11H2,2H3;3-6,11H,1H2,2H3;1-4H,8H2;1H2,2-3H3;1H2;;;2H2;1H;/q;;;;;;;;;2*-1;;;+2. The number of nitrogens with one attached hydrogen (secondary N) is 8. The first-order valence-corrected chi connectivity index (χ1v) is 42.7. The van der Waals surface area contributed by atoms with Crippen LogP contribution in [0.5, 0.6) is 0 Å². The van der Waals surface area contributed by atoms with Crippen molar-refractivity contribution in [2.24, 2.45) is 32.4 Å². The van der Waals surface area contributed by atoms with Crippen molar-refractivity contribution in [2.75, 3.05) is 32.3 Å². The van der Waals surface area contributed by atoms with Crippen molar-refractivity contribution in [3.8, 4) is 0 Å². The third-order valence-electron chi connectivity index (χ3n) is 15.1. The number of anilines is 5. The molecule has 0 aromatic heterocycles. The van der Waals surface area contributed by atoms with Gasteiger partial charge in [0.15, 0.2) is 21.9 Å². The van der Waals surface area contributed by atoms with E-state index >= 15 is 0 Å². The first kappa shape index (κ1) is 123. The molecule has 660 valence electrons. The predicted molar refractivity (Wildman–Crippen MR) is 563 cm³/mol. The van der Waals surface area contributed by atoms with Gasteiger partial charge in [0, 0.05) is 91.1 Å². The first-order chi connectivity index (χ1) is 57.6. The number of alkyl halides is 2. The van der Waals surface area contributed by atoms with Crippen molar-refractivity contribution < 1.29 is 19.5 Å². The molecule has 9 rings (SSSR count). The Morgan fingerprint density at radius 3 is 0.911 bits per heavy atom. The van der Waals surface area contributed by atoms with Gasteiger partial charge in [-0.2, -0.15) is 0 Å². The number of isothiocyanates is 1. The van der Waals surface area contributed by atoms with Crippen LogP contribution in [-0.4, -0.2) is 26.7 Å². The zero-order chi connectivity index (χ0) is 93.4. The van der Waals surface area contributed by atoms with Crippen LogP contribution in [0, 0.1) is 37.4 Å². The van der Waals surface area contributed by atoms with Crippen molar-refractivity contribution in [2.45, 2.75) is 159 Å². The molecule has 124 heavy (non-hydrogen) atoms. The minimum atomic E-state index is 0. The first-order valence-electron chi connectivity index (χ1n) is 37.8. The second-order valence-corrected chi connectivity index (χ2v) is 34.1. The number of benzene rings is 9. The van der Waals surface area contributed by atoms with Gasteiger partial charge in [0.2, 0.25) is 0 Å². The summed E-state index contributed by atoms with van der Waals surface area (Å²) in [5.41, 5.74) is 44.4. The van der Waals surface area contributed by atoms with Crippen LogP contribution in [0.25, 0.3) is 4.85 Å². The topological polar surface area (TPSA) is 303 Å². The minimum absolute atomic E-state index is 0. The Kier molecular flexibility index (Phi) is 71.6. The zero-order valence-corrected chi connectivity index (χ0v) is 86.9. The molecule has 0 heterocycles. The normalized spacial score (nSPS) is 9.40. The molecule has 0 saturated carbocycles. The number of hydrogen-bond donors (Lipinski definition) is 13. The number of halogens is 6. The fourth-order valence-electron chi connectivity index (χ4n) is 9.20. The fraction of sp³-hybridized carbons (Fsp3) is 0.260. The Balaban J connectivity index is -0.000000446. The van der Waals surface area contributed by atoms with Gasteiger partial charge in [0.05, 0.1) is 29.3 Å². The van der Waals surface area contributed by atoms with Crippen LogP contribution >= 0.6 is 129 Å². The number of nitrogens with zero attached hydrogens (tertiary/aromatic N) is 5. The molecule has 18 N–H and O–H groups in total. The van der Waals surface area contributed by atoms with E-state index in [1.807, 2.05) is 151 Å². The van der Waals surface area contributed by atoms with E-state index in [0.29, 0.717) is 48.6 Å². The zero-order valence-electron chi connectivity index (χ0n) is 74.1. The third-order valence-corrected chi connectivity index (χ3v) is 17.2. The molecular weight excluding hydrogens is 1960 g/mol. The molecule has 0 aliphatic heterocycles. The van der Waals surface area contributed by atoms with Gasteiger partial charge in [0.25, 0.3) is 0 Å². The molecule has 0 bridgehead atoms. The van der Waals surface area contributed by atoms with Gasteiger partial charge in [-0.15, -0.1) is 42.2 Å². The molecular formula is C96H124Cl4I2N18S3Zn. The van der Waals surface area contributed by atoms with E-state index in [9.17, 15) is 0 Å². The summed E-state index contributed by atoms with van der Waals surface area (Å²) in [4.78, 5) is 11.2. The molecule has 0 amide bonds. The SMILES string of the molecule is C=C(C)C.C=C(C)Nc1ccc(CN)cc1.C=C(C)Nc1ccc(CNC(=S)NCc2ccc(C(C)(C)C)cc2)cc1.C=C(C)Nc1ccc(I)cc1.CC(C)(C)c1ccc(CN=C=S)cc1.CC(C)(C)c1ccc(CNC(=S)NCc2ccc(N=C(N)N)cc2)cc1.Cl.ClCCl.NCl.Nc1ccc(I)cc1.[C-]#N.[C-]#N.[C-]#[N+]c1ccc(NC(=C)C)cc1.[Zn+2]. The quantitative estimate of drug-likeness (QED) is 0.00322. The Hall–Kier alpha value is -9.24. The van der Waals surface area contributed by atoms with Gasteiger partial charge in [-0.1, -0.05) is 216 Å². The van der Waals surface area contributed by atoms with E-state index in [1.165, 1.54) is 51.7 Å². The molecule has 0 spiro atoms. The summed E-state index contributed by atoms with van der Waals surface area (Å²) in [6, 6.07) is 72.9. The maximum Gasteiger partial charge on any atom is 2.00 e. The minimum Gasteiger partial charge on any atom is -0.512 e. The average molecular weight is 2090 g/mol. The monoisotopic (exact) mass is 2080 g/mol. The summed E-state index contributed by atoms with van der Waals surface area (Å²) in [6.07, 6.45) is 0. The van der Waals surface area contributed by atoms with Crippen LogP contribution in [0.15, 0.2) is 290 Å². The Morgan fingerprint density at radius 1 is 0.444 bits per heavy atom. The number of nitrogens with two attached hydrogens (primary N) is 5. The molecule has 28 heteroatoms. The maximum absolute atomic E-state index is 6.74. The number of guanidine groups is 1. The summed E-state index contributed by atoms with van der Waals surface area (Å²) in [5, 5.41) is 45.8. The van der Waals surface area contributed by atoms with E-state index in [0.717, 1.165) is 74.6 Å². The molecule has 18 nitrogen and oxygen atoms in total. The van der Waals surface area contributed by atoms with Gasteiger partial charge >= 0.3 is 19.5 Å². The van der Waals surface area contributed by atoms with Crippen molar-refractivity contribution >= 4 is 190 Å². The van der Waals surface area contributed by atoms with Gasteiger partial charge in [-0.3, -0.25) is 0 Å². The third kappa shape index (κ3) is 65.4. The Labute approximate surface area is 819 Å². The van der Waals surface area contributed by atoms with E-state index in [1.54, 1.807) is 12.1 Å². The van der Waals surface area contributed by atoms with Gasteiger partial charge < -0.3 is 89.1 Å². The number of rotatable bonds is 20. The van der Waals surface area contributed by atoms with Crippen LogP contribution in [-0.2, 0) is 75.0 Å². The number of nitrogen functional groups attached to an aromatic ring is 1. The largest absolute Gasteiger partial charge is 2.00 e. The van der Waals surface area contributed by atoms with Crippen LogP contribution in [0.1, 0.15) is 154 Å². The van der Waals surface area contributed by atoms with E-state index < -0.39 is 0 Å². The van der Waals surface area contributed by atoms with Crippen LogP contribution < -0.4 is 70.7 Å². The Morgan fingerprint density at radius 2 is 0.677 bits per heavy atom. The predicted octanol–water partition coefficient (Wildman–Crippen LogP) is 25.8. The number of thiocarbonyl (C=S) groups is 3. The van der Waals surface area contributed by atoms with Crippen LogP contribution in [0.4, 0.5) is 39.8 Å². The smallest absolute Gasteiger partial charge is 0.512 e. The summed E-state index contributed by atoms with van der Waals surface area (Å²) < 4.78 is 2.46. The Bertz CT molecular complexity index is 4630. The summed E-state index contributed by atoms with van der Waals surface area (Å²) >= 11 is 33.4. The average Bonchev–Trinajstić information content (AvgIpc) is 0.861. The molecule has 0 radical (unpaired) electrons. The number of aliphatic imine (C=N–C) groups is 2. The molecule has 0 unspecified atom stereocenters. The van der Waals surface area contributed by atoms with Crippen molar-refractivity contribution in [1.29, 1.82) is 10.5 Å². The van der Waals surface area contributed by atoms with Crippen molar-refractivity contribution in [1.82, 2.24) is 21.3 Å². The molecule has 9 aromatic carbocycles. The van der Waals surface area contributed by atoms with E-state index in [4.69, 9.17) is 101 Å². The molecule has 0 atom stereocenters. The van der Waals surface area contributed by atoms with Crippen molar-refractivity contribution in [3.63, 3.8) is 0 Å². The molecule has 0 aliphatic carbocycles. The van der Waals surface area contributed by atoms with Gasteiger partial charge in [-0.25, -0.2) is 20.1 Å². The molecule has 9 aromatic rings. The van der Waals surface area contributed by atoms with E-state index in [-0.39, 0.29) is 59.4 Å². The number of hydrogen-bond acceptors (Lipinski definition) is 14. The summed E-state index contributed by atoms with van der Waals surface area (Å²) in [6.45, 7) is 70.4. The van der Waals surface area contributed by atoms with Crippen molar-refractivity contribution in [3.05, 3.63) is 361 Å². The summed E-state index contributed by atoms with van der Waals surface area (Å²) in [7, 11) is 0. The molecule has 0 saturated heterocycles. The van der Waals surface area contributed by atoms with Gasteiger partial charge in [-0.05, 0) is 299 Å². The summed E-state index contributed by atoms with van der Waals surface area (Å²) in [5.74, 6) is 0.0526. The van der Waals surface area contributed by atoms with Gasteiger partial charge in [0.1, 0.15) is 0 Å². The maximum atomic E-state index is 6.74. The molecule has 0 fully saturated rings. The second-order valence-electron chi connectivity index (χ2n) is 29.8. The number of allylic oxidation sites excluding steroid dienone is 5. The van der Waals surface area contributed by atoms with Crippen LogP contribution in [0.3, 0.4) is 0 Å². The fourth-order valence-corrected chi connectivity index (χ4v) is 10.3. The second kappa shape index (κ2) is 72.0.